The highest BCUT2D eigenvalue weighted by Crippen LogP contribution is 2.52. The molecule has 0 unspecified atom stereocenters. The molecule has 1 aliphatic carbocycles. The van der Waals surface area contributed by atoms with Gasteiger partial charge in [0.1, 0.15) is 11.7 Å². The first kappa shape index (κ1) is 36.2. The molecule has 0 radical (unpaired) electrons. The van der Waals surface area contributed by atoms with Crippen LogP contribution >= 0.6 is 0 Å². The Balaban J connectivity index is 1.19. The summed E-state index contributed by atoms with van der Waals surface area (Å²) < 4.78 is 16.5. The molecule has 3 aliphatic heterocycles. The molecule has 5 heterocycles. The van der Waals surface area contributed by atoms with Crippen molar-refractivity contribution in [2.75, 3.05) is 43.4 Å². The Morgan fingerprint density at radius 2 is 1.83 bits per heavy atom. The minimum absolute atomic E-state index is 0.0247. The molecule has 2 saturated heterocycles. The van der Waals surface area contributed by atoms with Crippen molar-refractivity contribution in [2.24, 2.45) is 0 Å². The molecule has 2 aromatic carbocycles. The van der Waals surface area contributed by atoms with Crippen LogP contribution in [-0.2, 0) is 15.0 Å². The van der Waals surface area contributed by atoms with Crippen molar-refractivity contribution < 1.29 is 18.8 Å². The minimum Gasteiger partial charge on any atom is -0.355 e. The number of aryl methyl sites for hydroxylation is 1. The van der Waals surface area contributed by atoms with E-state index in [1.165, 1.54) is 0 Å². The highest BCUT2D eigenvalue weighted by molar-refractivity contribution is 6.09. The molecule has 11 nitrogen and oxygen atoms in total. The van der Waals surface area contributed by atoms with Gasteiger partial charge < -0.3 is 25.0 Å². The van der Waals surface area contributed by atoms with E-state index in [1.54, 1.807) is 14.0 Å². The normalized spacial score (nSPS) is 23.0. The Hall–Kier alpha value is -4.84. The van der Waals surface area contributed by atoms with Crippen molar-refractivity contribution >= 4 is 45.9 Å². The topological polar surface area (TPSA) is 116 Å². The van der Waals surface area contributed by atoms with Crippen molar-refractivity contribution in [1.29, 1.82) is 0 Å². The Bertz CT molecular complexity index is 2120. The van der Waals surface area contributed by atoms with E-state index in [4.69, 9.17) is 9.97 Å². The van der Waals surface area contributed by atoms with Crippen molar-refractivity contribution in [1.82, 2.24) is 29.7 Å². The molecule has 3 fully saturated rings. The molecule has 2 atom stereocenters. The predicted molar refractivity (Wildman–Crippen MR) is 209 cm³/mol. The van der Waals surface area contributed by atoms with Gasteiger partial charge in [0.2, 0.25) is 11.8 Å². The first-order valence-electron chi connectivity index (χ1n) is 19.6. The van der Waals surface area contributed by atoms with Crippen LogP contribution in [0, 0.1) is 6.92 Å². The molecule has 54 heavy (non-hydrogen) atoms. The highest BCUT2D eigenvalue weighted by Gasteiger charge is 2.55. The lowest BCUT2D eigenvalue weighted by molar-refractivity contribution is -0.134. The molecule has 1 spiro atoms. The van der Waals surface area contributed by atoms with Gasteiger partial charge in [0, 0.05) is 74.2 Å². The Morgan fingerprint density at radius 1 is 1.06 bits per heavy atom. The fraction of sp³-hybridized carbons (Fsp3) is 0.500. The van der Waals surface area contributed by atoms with Gasteiger partial charge >= 0.3 is 0 Å². The summed E-state index contributed by atoms with van der Waals surface area (Å²) in [5.74, 6) is 0.625. The molecular formula is C42H51FN8O3. The molecule has 284 valence electrons. The van der Waals surface area contributed by atoms with Gasteiger partial charge in [-0.2, -0.15) is 0 Å². The number of alkyl halides is 1. The van der Waals surface area contributed by atoms with Crippen LogP contribution in [0.3, 0.4) is 0 Å². The summed E-state index contributed by atoms with van der Waals surface area (Å²) in [5, 5.41) is 6.27. The fourth-order valence-corrected chi connectivity index (χ4v) is 9.19. The number of anilines is 3. The first-order valence-corrected chi connectivity index (χ1v) is 19.6. The number of halogens is 1. The lowest BCUT2D eigenvalue weighted by atomic mass is 9.73. The highest BCUT2D eigenvalue weighted by atomic mass is 19.1. The summed E-state index contributed by atoms with van der Waals surface area (Å²) in [6.45, 7) is 10.3. The van der Waals surface area contributed by atoms with E-state index in [2.05, 4.69) is 52.1 Å². The molecular weight excluding hydrogens is 684 g/mol. The SMILES string of the molecule is CC[C@H](C)n1cnc2cc(-c3ccc4c(c3)N(C3CC(N5CCC[C@@H](F)C5)C3)C(=O)C43CCN(C(C)=O)CC3)nc(Nc3ccc(C)c(C(=O)NC)c3)c21. The van der Waals surface area contributed by atoms with Gasteiger partial charge in [0.05, 0.1) is 23.0 Å². The zero-order valence-electron chi connectivity index (χ0n) is 32.0. The number of amides is 3. The van der Waals surface area contributed by atoms with E-state index in [0.29, 0.717) is 50.3 Å². The largest absolute Gasteiger partial charge is 0.355 e. The van der Waals surface area contributed by atoms with Crippen LogP contribution in [0.5, 0.6) is 0 Å². The van der Waals surface area contributed by atoms with E-state index in [1.807, 2.05) is 47.3 Å². The third-order valence-corrected chi connectivity index (χ3v) is 12.7. The molecule has 3 amide bonds. The van der Waals surface area contributed by atoms with Crippen LogP contribution in [-0.4, -0.2) is 93.5 Å². The van der Waals surface area contributed by atoms with E-state index in [0.717, 1.165) is 77.0 Å². The number of hydrogen-bond donors (Lipinski definition) is 2. The van der Waals surface area contributed by atoms with E-state index < -0.39 is 11.6 Å². The van der Waals surface area contributed by atoms with Crippen LogP contribution in [0.1, 0.15) is 93.2 Å². The number of rotatable bonds is 8. The number of fused-ring (bicyclic) bond motifs is 3. The Labute approximate surface area is 316 Å². The van der Waals surface area contributed by atoms with Crippen molar-refractivity contribution in [3.8, 4) is 11.3 Å². The minimum atomic E-state index is -0.783. The first-order chi connectivity index (χ1) is 26.0. The lowest BCUT2D eigenvalue weighted by Gasteiger charge is -2.48. The maximum atomic E-state index is 14.8. The third-order valence-electron chi connectivity index (χ3n) is 12.7. The number of nitrogens with one attached hydrogen (secondary N) is 2. The van der Waals surface area contributed by atoms with Gasteiger partial charge in [-0.05, 0) is 101 Å². The quantitative estimate of drug-likeness (QED) is 0.208. The molecule has 12 heteroatoms. The summed E-state index contributed by atoms with van der Waals surface area (Å²) in [4.78, 5) is 56.0. The summed E-state index contributed by atoms with van der Waals surface area (Å²) in [6.07, 6.45) is 6.29. The number of carbonyl (C=O) groups excluding carboxylic acids is 3. The molecule has 4 aromatic rings. The second-order valence-electron chi connectivity index (χ2n) is 15.9. The molecule has 0 bridgehead atoms. The standard InChI is InChI=1S/C42H51FN8O3/c1-6-26(3)50-24-45-36-22-35(47-39(38(36)50)46-30-11-9-25(2)33(19-30)40(53)44-5)28-10-12-34-37(18-28)51(32-20-31(21-32)49-15-7-8-29(43)23-49)41(54)42(34)13-16-48(17-14-42)27(4)52/h9-12,18-19,22,24,26,29,31-32H,6-8,13-17,20-21,23H2,1-5H3,(H,44,53)(H,46,47)/t26-,29+,31?,32?/m0/s1. The van der Waals surface area contributed by atoms with Crippen molar-refractivity contribution in [3.05, 3.63) is 65.5 Å². The van der Waals surface area contributed by atoms with Gasteiger partial charge in [0.25, 0.3) is 5.91 Å². The average Bonchev–Trinajstić information content (AvgIpc) is 3.68. The molecule has 1 saturated carbocycles. The predicted octanol–water partition coefficient (Wildman–Crippen LogP) is 6.67. The smallest absolute Gasteiger partial charge is 0.251 e. The maximum absolute atomic E-state index is 14.8. The number of aromatic nitrogens is 3. The van der Waals surface area contributed by atoms with Crippen LogP contribution in [0.25, 0.3) is 22.3 Å². The van der Waals surface area contributed by atoms with Gasteiger partial charge in [-0.15, -0.1) is 0 Å². The molecule has 4 aliphatic rings. The van der Waals surface area contributed by atoms with E-state index in [9.17, 15) is 18.8 Å². The maximum Gasteiger partial charge on any atom is 0.251 e. The van der Waals surface area contributed by atoms with Gasteiger partial charge in [0.15, 0.2) is 5.82 Å². The number of benzene rings is 2. The number of likely N-dealkylation sites (tertiary alicyclic amines) is 2. The monoisotopic (exact) mass is 734 g/mol. The van der Waals surface area contributed by atoms with Gasteiger partial charge in [-0.1, -0.05) is 25.1 Å². The van der Waals surface area contributed by atoms with Gasteiger partial charge in [-0.25, -0.2) is 14.4 Å². The summed E-state index contributed by atoms with van der Waals surface area (Å²) in [5.41, 5.74) is 6.69. The van der Waals surface area contributed by atoms with Crippen LogP contribution in [0.2, 0.25) is 0 Å². The summed E-state index contributed by atoms with van der Waals surface area (Å²) in [7, 11) is 1.63. The number of piperidine rings is 2. The summed E-state index contributed by atoms with van der Waals surface area (Å²) >= 11 is 0. The number of carbonyl (C=O) groups is 3. The second kappa shape index (κ2) is 14.1. The van der Waals surface area contributed by atoms with Crippen LogP contribution in [0.4, 0.5) is 21.6 Å². The molecule has 2 aromatic heterocycles. The van der Waals surface area contributed by atoms with E-state index in [-0.39, 0.29) is 35.8 Å². The van der Waals surface area contributed by atoms with Crippen LogP contribution < -0.4 is 15.5 Å². The van der Waals surface area contributed by atoms with E-state index >= 15 is 0 Å². The average molecular weight is 735 g/mol. The fourth-order valence-electron chi connectivity index (χ4n) is 9.19. The van der Waals surface area contributed by atoms with Crippen molar-refractivity contribution in [3.63, 3.8) is 0 Å². The Kier molecular flexibility index (Phi) is 9.44. The third kappa shape index (κ3) is 6.12. The zero-order chi connectivity index (χ0) is 37.9. The number of nitrogens with zero attached hydrogens (tertiary/aromatic N) is 6. The summed E-state index contributed by atoms with van der Waals surface area (Å²) in [6, 6.07) is 14.5. The Morgan fingerprint density at radius 3 is 2.54 bits per heavy atom. The number of pyridine rings is 1. The van der Waals surface area contributed by atoms with Crippen molar-refractivity contribution in [2.45, 2.75) is 102 Å². The number of hydrogen-bond acceptors (Lipinski definition) is 7. The lowest BCUT2D eigenvalue weighted by Crippen LogP contribution is -2.59. The number of imidazole rings is 1. The molecule has 8 rings (SSSR count). The zero-order valence-corrected chi connectivity index (χ0v) is 32.0. The molecule has 2 N–H and O–H groups in total. The van der Waals surface area contributed by atoms with Crippen LogP contribution in [0.15, 0.2) is 48.8 Å². The van der Waals surface area contributed by atoms with Gasteiger partial charge in [-0.3, -0.25) is 19.3 Å². The second-order valence-corrected chi connectivity index (χ2v) is 15.9.